The molecule has 1 amide bonds. The molecule has 3 aromatic carbocycles. The van der Waals surface area contributed by atoms with E-state index in [1.165, 1.54) is 0 Å². The van der Waals surface area contributed by atoms with E-state index in [4.69, 9.17) is 23.1 Å². The molecule has 5 nitrogen and oxygen atoms in total. The number of benzene rings is 3. The van der Waals surface area contributed by atoms with Gasteiger partial charge in [0, 0.05) is 28.6 Å². The molecule has 154 valence electrons. The van der Waals surface area contributed by atoms with Gasteiger partial charge >= 0.3 is 0 Å². The quantitative estimate of drug-likeness (QED) is 0.333. The van der Waals surface area contributed by atoms with Gasteiger partial charge in [-0.1, -0.05) is 41.9 Å². The first-order chi connectivity index (χ1) is 13.9. The Bertz CT molecular complexity index is 1220. The number of amides is 1. The van der Waals surface area contributed by atoms with Crippen molar-refractivity contribution < 1.29 is 9.90 Å². The van der Waals surface area contributed by atoms with Crippen LogP contribution in [0, 0.1) is 0 Å². The minimum absolute atomic E-state index is 0. The van der Waals surface area contributed by atoms with Crippen LogP contribution >= 0.6 is 24.0 Å². The summed E-state index contributed by atoms with van der Waals surface area (Å²) in [4.78, 5) is 14.8. The number of nitrogens with two attached hydrogens (primary N) is 2. The van der Waals surface area contributed by atoms with Gasteiger partial charge in [-0.05, 0) is 47.0 Å². The van der Waals surface area contributed by atoms with E-state index < -0.39 is 5.91 Å². The summed E-state index contributed by atoms with van der Waals surface area (Å²) < 4.78 is 0. The van der Waals surface area contributed by atoms with E-state index in [-0.39, 0.29) is 29.6 Å². The number of anilines is 1. The van der Waals surface area contributed by atoms with Crippen LogP contribution in [0.4, 0.5) is 5.69 Å². The number of aromatic nitrogens is 1. The number of H-pyrrole nitrogens is 1. The molecule has 7 heteroatoms. The number of hydrogen-bond donors (Lipinski definition) is 4. The molecule has 6 N–H and O–H groups in total. The molecule has 30 heavy (non-hydrogen) atoms. The van der Waals surface area contributed by atoms with Crippen molar-refractivity contribution in [3.8, 4) is 17.0 Å². The van der Waals surface area contributed by atoms with E-state index in [1.54, 1.807) is 12.1 Å². The van der Waals surface area contributed by atoms with E-state index in [0.29, 0.717) is 23.2 Å². The van der Waals surface area contributed by atoms with Gasteiger partial charge in [0.15, 0.2) is 0 Å². The Hall–Kier alpha value is -3.15. The predicted octanol–water partition coefficient (Wildman–Crippen LogP) is 4.82. The van der Waals surface area contributed by atoms with Crippen molar-refractivity contribution in [3.63, 3.8) is 0 Å². The first-order valence-electron chi connectivity index (χ1n) is 9.16. The maximum atomic E-state index is 11.4. The number of carbonyl (C=O) groups is 1. The molecule has 0 radical (unpaired) electrons. The number of nitrogen functional groups attached to an aromatic ring is 1. The standard InChI is InChI=1S/C23H20ClN3O2.ClH/c24-19-10-14(11-21(26)28)9-18(23(19)29)22-17(8-13-4-2-1-3-5-13)16-12-15(25)6-7-20(16)27-22;/h1-7,9-10,12,27,29H,8,11,25H2,(H2,26,28);1H. The molecule has 0 bridgehead atoms. The summed E-state index contributed by atoms with van der Waals surface area (Å²) in [7, 11) is 0. The molecule has 4 aromatic rings. The molecule has 0 fully saturated rings. The SMILES string of the molecule is Cl.NC(=O)Cc1cc(Cl)c(O)c(-c2[nH]c3ccc(N)cc3c2Cc2ccccc2)c1. The number of aromatic hydroxyl groups is 1. The van der Waals surface area contributed by atoms with Crippen molar-refractivity contribution in [1.82, 2.24) is 4.98 Å². The van der Waals surface area contributed by atoms with Crippen LogP contribution in [0.2, 0.25) is 5.02 Å². The van der Waals surface area contributed by atoms with Crippen LogP contribution in [0.25, 0.3) is 22.2 Å². The number of fused-ring (bicyclic) bond motifs is 1. The van der Waals surface area contributed by atoms with E-state index in [2.05, 4.69) is 4.98 Å². The Kier molecular flexibility index (Phi) is 6.25. The largest absolute Gasteiger partial charge is 0.506 e. The summed E-state index contributed by atoms with van der Waals surface area (Å²) in [5.74, 6) is -0.514. The van der Waals surface area contributed by atoms with Gasteiger partial charge in [0.05, 0.1) is 17.1 Å². The van der Waals surface area contributed by atoms with Gasteiger partial charge in [-0.15, -0.1) is 12.4 Å². The maximum absolute atomic E-state index is 11.4. The van der Waals surface area contributed by atoms with Crippen LogP contribution in [0.1, 0.15) is 16.7 Å². The lowest BCUT2D eigenvalue weighted by Gasteiger charge is -2.11. The van der Waals surface area contributed by atoms with Crippen LogP contribution in [-0.4, -0.2) is 16.0 Å². The van der Waals surface area contributed by atoms with Crippen molar-refractivity contribution in [2.45, 2.75) is 12.8 Å². The van der Waals surface area contributed by atoms with Crippen LogP contribution in [-0.2, 0) is 17.6 Å². The van der Waals surface area contributed by atoms with E-state index in [9.17, 15) is 9.90 Å². The summed E-state index contributed by atoms with van der Waals surface area (Å²) >= 11 is 6.25. The highest BCUT2D eigenvalue weighted by molar-refractivity contribution is 6.32. The Morgan fingerprint density at radius 2 is 1.77 bits per heavy atom. The lowest BCUT2D eigenvalue weighted by molar-refractivity contribution is -0.117. The third kappa shape index (κ3) is 4.22. The van der Waals surface area contributed by atoms with Gasteiger partial charge in [-0.2, -0.15) is 0 Å². The van der Waals surface area contributed by atoms with Crippen molar-refractivity contribution in [1.29, 1.82) is 0 Å². The number of primary amides is 1. The summed E-state index contributed by atoms with van der Waals surface area (Å²) in [5.41, 5.74) is 16.9. The number of aromatic amines is 1. The number of carbonyl (C=O) groups excluding carboxylic acids is 1. The molecule has 0 aliphatic heterocycles. The van der Waals surface area contributed by atoms with Crippen molar-refractivity contribution in [2.75, 3.05) is 5.73 Å². The molecule has 0 spiro atoms. The number of halogens is 2. The topological polar surface area (TPSA) is 105 Å². The predicted molar refractivity (Wildman–Crippen MR) is 124 cm³/mol. The zero-order valence-electron chi connectivity index (χ0n) is 16.0. The summed E-state index contributed by atoms with van der Waals surface area (Å²) in [5, 5.41) is 11.8. The van der Waals surface area contributed by atoms with Gasteiger partial charge in [0.2, 0.25) is 5.91 Å². The zero-order valence-corrected chi connectivity index (χ0v) is 17.6. The Morgan fingerprint density at radius 1 is 1.03 bits per heavy atom. The number of phenolic OH excluding ortho intramolecular Hbond substituents is 1. The number of nitrogens with one attached hydrogen (secondary N) is 1. The van der Waals surface area contributed by atoms with Crippen LogP contribution in [0.15, 0.2) is 60.7 Å². The summed E-state index contributed by atoms with van der Waals surface area (Å²) in [6, 6.07) is 19.0. The third-order valence-electron chi connectivity index (χ3n) is 4.92. The lowest BCUT2D eigenvalue weighted by Crippen LogP contribution is -2.13. The molecule has 0 unspecified atom stereocenters. The second-order valence-corrected chi connectivity index (χ2v) is 7.47. The highest BCUT2D eigenvalue weighted by atomic mass is 35.5. The van der Waals surface area contributed by atoms with E-state index in [1.807, 2.05) is 48.5 Å². The molecule has 4 rings (SSSR count). The van der Waals surface area contributed by atoms with Gasteiger partial charge in [-0.25, -0.2) is 0 Å². The molecule has 0 aliphatic rings. The first-order valence-corrected chi connectivity index (χ1v) is 9.54. The Morgan fingerprint density at radius 3 is 2.47 bits per heavy atom. The van der Waals surface area contributed by atoms with Crippen molar-refractivity contribution in [2.24, 2.45) is 5.73 Å². The van der Waals surface area contributed by atoms with Crippen molar-refractivity contribution in [3.05, 3.63) is 82.4 Å². The average Bonchev–Trinajstić information content (AvgIpc) is 3.02. The first kappa shape index (κ1) is 21.6. The monoisotopic (exact) mass is 441 g/mol. The molecular formula is C23H21Cl2N3O2. The Balaban J connectivity index is 0.00000256. The zero-order chi connectivity index (χ0) is 20.5. The van der Waals surface area contributed by atoms with E-state index >= 15 is 0 Å². The Labute approximate surface area is 185 Å². The molecule has 0 atom stereocenters. The van der Waals surface area contributed by atoms with Gasteiger partial charge in [0.25, 0.3) is 0 Å². The second kappa shape index (κ2) is 8.69. The fourth-order valence-electron chi connectivity index (χ4n) is 3.63. The number of hydrogen-bond acceptors (Lipinski definition) is 3. The minimum atomic E-state index is -0.466. The van der Waals surface area contributed by atoms with Crippen LogP contribution in [0.5, 0.6) is 5.75 Å². The molecule has 0 saturated heterocycles. The van der Waals surface area contributed by atoms with Crippen molar-refractivity contribution >= 4 is 46.5 Å². The molecular weight excluding hydrogens is 421 g/mol. The van der Waals surface area contributed by atoms with Crippen LogP contribution < -0.4 is 11.5 Å². The molecule has 0 aliphatic carbocycles. The average molecular weight is 442 g/mol. The second-order valence-electron chi connectivity index (χ2n) is 7.06. The highest BCUT2D eigenvalue weighted by Crippen LogP contribution is 2.41. The van der Waals surface area contributed by atoms with Gasteiger partial charge < -0.3 is 21.6 Å². The molecule has 1 heterocycles. The normalized spacial score (nSPS) is 10.7. The summed E-state index contributed by atoms with van der Waals surface area (Å²) in [6.45, 7) is 0. The fraction of sp³-hybridized carbons (Fsp3) is 0.0870. The third-order valence-corrected chi connectivity index (χ3v) is 5.21. The highest BCUT2D eigenvalue weighted by Gasteiger charge is 2.19. The maximum Gasteiger partial charge on any atom is 0.221 e. The fourth-order valence-corrected chi connectivity index (χ4v) is 3.87. The van der Waals surface area contributed by atoms with Gasteiger partial charge in [-0.3, -0.25) is 4.79 Å². The smallest absolute Gasteiger partial charge is 0.221 e. The molecule has 1 aromatic heterocycles. The summed E-state index contributed by atoms with van der Waals surface area (Å²) in [6.07, 6.45) is 0.672. The lowest BCUT2D eigenvalue weighted by atomic mass is 9.96. The number of rotatable bonds is 5. The van der Waals surface area contributed by atoms with E-state index in [0.717, 1.165) is 27.7 Å². The minimum Gasteiger partial charge on any atom is -0.506 e. The van der Waals surface area contributed by atoms with Gasteiger partial charge in [0.1, 0.15) is 5.75 Å². The molecule has 0 saturated carbocycles. The van der Waals surface area contributed by atoms with Crippen LogP contribution in [0.3, 0.4) is 0 Å². The number of phenols is 1.